The number of amides is 1. The van der Waals surface area contributed by atoms with E-state index in [0.29, 0.717) is 25.7 Å². The van der Waals surface area contributed by atoms with Gasteiger partial charge >= 0.3 is 6.09 Å². The van der Waals surface area contributed by atoms with Gasteiger partial charge in [0.15, 0.2) is 5.11 Å². The Hall–Kier alpha value is -1.04. The summed E-state index contributed by atoms with van der Waals surface area (Å²) in [7, 11) is 0. The normalized spacial score (nSPS) is 31.4. The van der Waals surface area contributed by atoms with Crippen LogP contribution in [0.1, 0.15) is 32.6 Å². The van der Waals surface area contributed by atoms with Crippen molar-refractivity contribution in [3.8, 4) is 0 Å². The summed E-state index contributed by atoms with van der Waals surface area (Å²) in [5, 5.41) is 4.44. The Morgan fingerprint density at radius 1 is 1.19 bits per heavy atom. The van der Waals surface area contributed by atoms with Crippen LogP contribution in [0.4, 0.5) is 4.79 Å². The molecule has 118 valence electrons. The summed E-state index contributed by atoms with van der Waals surface area (Å²) in [6.07, 6.45) is 5.24. The second kappa shape index (κ2) is 6.38. The highest BCUT2D eigenvalue weighted by atomic mass is 32.1. The summed E-state index contributed by atoms with van der Waals surface area (Å²) in [5.74, 6) is 1.75. The quantitative estimate of drug-likeness (QED) is 0.788. The molecule has 0 spiro atoms. The van der Waals surface area contributed by atoms with Crippen LogP contribution in [-0.4, -0.2) is 59.8 Å². The molecule has 5 nitrogen and oxygen atoms in total. The van der Waals surface area contributed by atoms with E-state index in [-0.39, 0.29) is 6.09 Å². The molecule has 0 aromatic rings. The van der Waals surface area contributed by atoms with E-state index in [1.807, 2.05) is 6.92 Å². The fraction of sp³-hybridized carbons (Fsp3) is 0.867. The molecular formula is C15H25N3O2S. The van der Waals surface area contributed by atoms with Crippen LogP contribution in [0, 0.1) is 11.8 Å². The Labute approximate surface area is 132 Å². The van der Waals surface area contributed by atoms with Crippen molar-refractivity contribution >= 4 is 23.4 Å². The zero-order valence-corrected chi connectivity index (χ0v) is 13.5. The Morgan fingerprint density at radius 2 is 1.90 bits per heavy atom. The minimum absolute atomic E-state index is 0.205. The van der Waals surface area contributed by atoms with Crippen LogP contribution >= 0.6 is 12.2 Å². The van der Waals surface area contributed by atoms with Crippen molar-refractivity contribution in [2.24, 2.45) is 11.8 Å². The molecule has 0 unspecified atom stereocenters. The molecule has 1 aliphatic heterocycles. The van der Waals surface area contributed by atoms with E-state index in [0.717, 1.165) is 30.0 Å². The number of nitrogens with zero attached hydrogens (tertiary/aromatic N) is 2. The van der Waals surface area contributed by atoms with Crippen LogP contribution < -0.4 is 5.32 Å². The predicted molar refractivity (Wildman–Crippen MR) is 85.1 cm³/mol. The number of ether oxygens (including phenoxy) is 1. The molecule has 0 aromatic heterocycles. The maximum absolute atomic E-state index is 11.7. The number of thiocarbonyl (C=S) groups is 1. The Kier molecular flexibility index (Phi) is 4.52. The first-order chi connectivity index (χ1) is 10.2. The van der Waals surface area contributed by atoms with Crippen LogP contribution in [0.5, 0.6) is 0 Å². The first kappa shape index (κ1) is 14.9. The lowest BCUT2D eigenvalue weighted by atomic mass is 9.95. The SMILES string of the molecule is CCOC(=O)N1CCN(C(=S)N[C@@H]2C[C@H]3CC[C@H]2C3)CC1. The molecule has 1 amide bonds. The number of piperazine rings is 1. The minimum Gasteiger partial charge on any atom is -0.450 e. The third kappa shape index (κ3) is 3.25. The highest BCUT2D eigenvalue weighted by Gasteiger charge is 2.40. The summed E-state index contributed by atoms with van der Waals surface area (Å²) >= 11 is 5.56. The molecule has 0 aromatic carbocycles. The largest absolute Gasteiger partial charge is 0.450 e. The van der Waals surface area contributed by atoms with E-state index in [4.69, 9.17) is 17.0 Å². The summed E-state index contributed by atoms with van der Waals surface area (Å²) in [6.45, 7) is 5.25. The molecule has 3 aliphatic rings. The average molecular weight is 311 g/mol. The lowest BCUT2D eigenvalue weighted by molar-refractivity contribution is 0.0916. The van der Waals surface area contributed by atoms with Gasteiger partial charge in [-0.15, -0.1) is 0 Å². The van der Waals surface area contributed by atoms with Crippen molar-refractivity contribution in [2.45, 2.75) is 38.6 Å². The third-order valence-corrected chi connectivity index (χ3v) is 5.52. The van der Waals surface area contributed by atoms with Crippen molar-refractivity contribution in [3.63, 3.8) is 0 Å². The molecule has 2 bridgehead atoms. The van der Waals surface area contributed by atoms with E-state index in [1.54, 1.807) is 4.90 Å². The van der Waals surface area contributed by atoms with Gasteiger partial charge in [-0.1, -0.05) is 6.42 Å². The van der Waals surface area contributed by atoms with Crippen LogP contribution in [-0.2, 0) is 4.74 Å². The molecule has 2 aliphatic carbocycles. The Morgan fingerprint density at radius 3 is 2.48 bits per heavy atom. The van der Waals surface area contributed by atoms with E-state index in [9.17, 15) is 4.79 Å². The molecule has 1 N–H and O–H groups in total. The average Bonchev–Trinajstić information content (AvgIpc) is 3.10. The lowest BCUT2D eigenvalue weighted by Gasteiger charge is -2.37. The van der Waals surface area contributed by atoms with Crippen molar-refractivity contribution in [2.75, 3.05) is 32.8 Å². The van der Waals surface area contributed by atoms with Gasteiger partial charge < -0.3 is 19.9 Å². The monoisotopic (exact) mass is 311 g/mol. The minimum atomic E-state index is -0.205. The molecule has 3 rings (SSSR count). The molecule has 3 atom stereocenters. The first-order valence-electron chi connectivity index (χ1n) is 8.14. The summed E-state index contributed by atoms with van der Waals surface area (Å²) in [4.78, 5) is 15.6. The molecule has 1 heterocycles. The Bertz CT molecular complexity index is 410. The standard InChI is InChI=1S/C15H25N3O2S/c1-2-20-15(19)18-7-5-17(6-8-18)14(21)16-13-10-11-3-4-12(13)9-11/h11-13H,2-10H2,1H3,(H,16,21)/t11-,12-,13+/m0/s1. The molecule has 1 saturated heterocycles. The van der Waals surface area contributed by atoms with Crippen LogP contribution in [0.15, 0.2) is 0 Å². The van der Waals surface area contributed by atoms with Crippen molar-refractivity contribution in [3.05, 3.63) is 0 Å². The second-order valence-corrected chi connectivity index (χ2v) is 6.79. The maximum atomic E-state index is 11.7. The number of carbonyl (C=O) groups is 1. The third-order valence-electron chi connectivity index (χ3n) is 5.14. The summed E-state index contributed by atoms with van der Waals surface area (Å²) < 4.78 is 5.04. The summed E-state index contributed by atoms with van der Waals surface area (Å²) in [5.41, 5.74) is 0. The van der Waals surface area contributed by atoms with Gasteiger partial charge in [-0.3, -0.25) is 0 Å². The molecule has 2 saturated carbocycles. The fourth-order valence-corrected chi connectivity index (χ4v) is 4.31. The number of fused-ring (bicyclic) bond motifs is 2. The predicted octanol–water partition coefficient (Wildman–Crippen LogP) is 1.82. The van der Waals surface area contributed by atoms with Crippen molar-refractivity contribution in [1.29, 1.82) is 0 Å². The van der Waals surface area contributed by atoms with E-state index in [2.05, 4.69) is 10.2 Å². The zero-order valence-electron chi connectivity index (χ0n) is 12.7. The molecule has 21 heavy (non-hydrogen) atoms. The van der Waals surface area contributed by atoms with Crippen LogP contribution in [0.25, 0.3) is 0 Å². The van der Waals surface area contributed by atoms with Gasteiger partial charge in [-0.05, 0) is 50.2 Å². The number of nitrogens with one attached hydrogen (secondary N) is 1. The first-order valence-corrected chi connectivity index (χ1v) is 8.55. The van der Waals surface area contributed by atoms with Gasteiger partial charge in [0.25, 0.3) is 0 Å². The molecule has 3 fully saturated rings. The van der Waals surface area contributed by atoms with E-state index >= 15 is 0 Å². The molecule has 6 heteroatoms. The lowest BCUT2D eigenvalue weighted by Crippen LogP contribution is -2.55. The second-order valence-electron chi connectivity index (χ2n) is 6.40. The van der Waals surface area contributed by atoms with Crippen molar-refractivity contribution < 1.29 is 9.53 Å². The number of hydrogen-bond acceptors (Lipinski definition) is 3. The molecular weight excluding hydrogens is 286 g/mol. The smallest absolute Gasteiger partial charge is 0.409 e. The molecule has 0 radical (unpaired) electrons. The van der Waals surface area contributed by atoms with Gasteiger partial charge in [-0.25, -0.2) is 4.79 Å². The van der Waals surface area contributed by atoms with Crippen LogP contribution in [0.3, 0.4) is 0 Å². The zero-order chi connectivity index (χ0) is 14.8. The van der Waals surface area contributed by atoms with Crippen molar-refractivity contribution in [1.82, 2.24) is 15.1 Å². The van der Waals surface area contributed by atoms with Gasteiger partial charge in [0, 0.05) is 32.2 Å². The number of hydrogen-bond donors (Lipinski definition) is 1. The van der Waals surface area contributed by atoms with Gasteiger partial charge in [0.2, 0.25) is 0 Å². The fourth-order valence-electron chi connectivity index (χ4n) is 3.98. The summed E-state index contributed by atoms with van der Waals surface area (Å²) in [6, 6.07) is 0.583. The van der Waals surface area contributed by atoms with E-state index in [1.165, 1.54) is 25.7 Å². The van der Waals surface area contributed by atoms with Crippen LogP contribution in [0.2, 0.25) is 0 Å². The highest BCUT2D eigenvalue weighted by molar-refractivity contribution is 7.80. The maximum Gasteiger partial charge on any atom is 0.409 e. The van der Waals surface area contributed by atoms with E-state index < -0.39 is 0 Å². The highest BCUT2D eigenvalue weighted by Crippen LogP contribution is 2.44. The van der Waals surface area contributed by atoms with Gasteiger partial charge in [-0.2, -0.15) is 0 Å². The number of rotatable bonds is 2. The topological polar surface area (TPSA) is 44.8 Å². The van der Waals surface area contributed by atoms with Gasteiger partial charge in [0.1, 0.15) is 0 Å². The number of carbonyl (C=O) groups excluding carboxylic acids is 1. The van der Waals surface area contributed by atoms with Gasteiger partial charge in [0.05, 0.1) is 6.61 Å². The Balaban J connectivity index is 1.44.